The molecular formula is C20H21NO3S. The summed E-state index contributed by atoms with van der Waals surface area (Å²) in [5.41, 5.74) is 4.55. The van der Waals surface area contributed by atoms with Crippen LogP contribution in [0.4, 0.5) is 0 Å². The summed E-state index contributed by atoms with van der Waals surface area (Å²) in [6, 6.07) is 8.16. The summed E-state index contributed by atoms with van der Waals surface area (Å²) in [5, 5.41) is 0.966. The van der Waals surface area contributed by atoms with E-state index in [1.807, 2.05) is 24.3 Å². The van der Waals surface area contributed by atoms with Gasteiger partial charge < -0.3 is 14.2 Å². The Labute approximate surface area is 151 Å². The number of nitrogens with zero attached hydrogens (tertiary/aromatic N) is 1. The standard InChI is InChI=1S/C20H21NO3S/c1-12-8-15-18(9-13(12)2)25-19(21-15)7-6-14-10-16(22-3)20(24-5)17(11-14)23-4/h6-11H,1-5H3/b7-6+. The molecule has 0 bridgehead atoms. The molecule has 0 radical (unpaired) electrons. The summed E-state index contributed by atoms with van der Waals surface area (Å²) in [6.45, 7) is 4.24. The Morgan fingerprint density at radius 1 is 0.840 bits per heavy atom. The van der Waals surface area contributed by atoms with E-state index in [1.165, 1.54) is 15.8 Å². The molecule has 0 fully saturated rings. The lowest BCUT2D eigenvalue weighted by atomic mass is 10.1. The zero-order valence-corrected chi connectivity index (χ0v) is 15.9. The van der Waals surface area contributed by atoms with Crippen molar-refractivity contribution in [3.63, 3.8) is 0 Å². The number of fused-ring (bicyclic) bond motifs is 1. The van der Waals surface area contributed by atoms with Crippen molar-refractivity contribution >= 4 is 33.7 Å². The van der Waals surface area contributed by atoms with E-state index in [1.54, 1.807) is 32.7 Å². The molecule has 25 heavy (non-hydrogen) atoms. The zero-order valence-electron chi connectivity index (χ0n) is 15.0. The largest absolute Gasteiger partial charge is 0.493 e. The van der Waals surface area contributed by atoms with Gasteiger partial charge in [0.2, 0.25) is 5.75 Å². The minimum absolute atomic E-state index is 0.591. The van der Waals surface area contributed by atoms with Gasteiger partial charge in [0.25, 0.3) is 0 Å². The maximum Gasteiger partial charge on any atom is 0.203 e. The third-order valence-electron chi connectivity index (χ3n) is 4.13. The van der Waals surface area contributed by atoms with Crippen LogP contribution in [0, 0.1) is 13.8 Å². The molecule has 0 saturated carbocycles. The second-order valence-electron chi connectivity index (χ2n) is 5.75. The van der Waals surface area contributed by atoms with Gasteiger partial charge in [-0.2, -0.15) is 0 Å². The van der Waals surface area contributed by atoms with E-state index in [9.17, 15) is 0 Å². The average molecular weight is 355 g/mol. The number of benzene rings is 2. The maximum absolute atomic E-state index is 5.39. The number of ether oxygens (including phenoxy) is 3. The summed E-state index contributed by atoms with van der Waals surface area (Å²) in [4.78, 5) is 4.69. The van der Waals surface area contributed by atoms with Crippen LogP contribution < -0.4 is 14.2 Å². The molecule has 0 atom stereocenters. The summed E-state index contributed by atoms with van der Waals surface area (Å²) >= 11 is 1.68. The highest BCUT2D eigenvalue weighted by molar-refractivity contribution is 7.19. The normalized spacial score (nSPS) is 11.2. The number of hydrogen-bond donors (Lipinski definition) is 0. The maximum atomic E-state index is 5.39. The zero-order chi connectivity index (χ0) is 18.0. The Balaban J connectivity index is 1.96. The molecule has 2 aromatic carbocycles. The monoisotopic (exact) mass is 355 g/mol. The van der Waals surface area contributed by atoms with E-state index in [0.717, 1.165) is 16.1 Å². The van der Waals surface area contributed by atoms with Gasteiger partial charge in [-0.1, -0.05) is 6.08 Å². The number of aryl methyl sites for hydroxylation is 2. The molecule has 1 aromatic heterocycles. The van der Waals surface area contributed by atoms with E-state index in [0.29, 0.717) is 17.2 Å². The van der Waals surface area contributed by atoms with Crippen molar-refractivity contribution in [2.24, 2.45) is 0 Å². The molecule has 3 aromatic rings. The lowest BCUT2D eigenvalue weighted by molar-refractivity contribution is 0.324. The van der Waals surface area contributed by atoms with Gasteiger partial charge in [0.05, 0.1) is 31.5 Å². The average Bonchev–Trinajstić information content (AvgIpc) is 3.00. The minimum atomic E-state index is 0.591. The highest BCUT2D eigenvalue weighted by atomic mass is 32.1. The first kappa shape index (κ1) is 17.3. The molecule has 0 aliphatic rings. The van der Waals surface area contributed by atoms with Crippen molar-refractivity contribution in [2.75, 3.05) is 21.3 Å². The van der Waals surface area contributed by atoms with E-state index < -0.39 is 0 Å². The van der Waals surface area contributed by atoms with Gasteiger partial charge in [-0.05, 0) is 60.9 Å². The Kier molecular flexibility index (Phi) is 4.95. The highest BCUT2D eigenvalue weighted by Gasteiger charge is 2.12. The van der Waals surface area contributed by atoms with Crippen molar-refractivity contribution in [1.82, 2.24) is 4.98 Å². The second kappa shape index (κ2) is 7.15. The number of rotatable bonds is 5. The molecular weight excluding hydrogens is 334 g/mol. The van der Waals surface area contributed by atoms with Crippen LogP contribution >= 0.6 is 11.3 Å². The first-order chi connectivity index (χ1) is 12.0. The number of hydrogen-bond acceptors (Lipinski definition) is 5. The molecule has 0 aliphatic heterocycles. The predicted octanol–water partition coefficient (Wildman–Crippen LogP) is 5.11. The summed E-state index contributed by atoms with van der Waals surface area (Å²) in [5.74, 6) is 1.86. The smallest absolute Gasteiger partial charge is 0.203 e. The topological polar surface area (TPSA) is 40.6 Å². The van der Waals surface area contributed by atoms with Crippen molar-refractivity contribution in [2.45, 2.75) is 13.8 Å². The van der Waals surface area contributed by atoms with Crippen molar-refractivity contribution in [3.05, 3.63) is 46.0 Å². The summed E-state index contributed by atoms with van der Waals surface area (Å²) in [6.07, 6.45) is 4.01. The molecule has 5 heteroatoms. The lowest BCUT2D eigenvalue weighted by Gasteiger charge is -2.12. The van der Waals surface area contributed by atoms with Crippen LogP contribution in [-0.4, -0.2) is 26.3 Å². The fraction of sp³-hybridized carbons (Fsp3) is 0.250. The molecule has 0 saturated heterocycles. The molecule has 0 spiro atoms. The quantitative estimate of drug-likeness (QED) is 0.638. The Hall–Kier alpha value is -2.53. The van der Waals surface area contributed by atoms with Gasteiger partial charge in [-0.25, -0.2) is 4.98 Å². The van der Waals surface area contributed by atoms with Crippen LogP contribution in [0.1, 0.15) is 21.7 Å². The van der Waals surface area contributed by atoms with Crippen LogP contribution in [0.3, 0.4) is 0 Å². The van der Waals surface area contributed by atoms with Gasteiger partial charge in [0.1, 0.15) is 5.01 Å². The SMILES string of the molecule is COc1cc(/C=C/c2nc3cc(C)c(C)cc3s2)cc(OC)c1OC. The number of aromatic nitrogens is 1. The van der Waals surface area contributed by atoms with Crippen LogP contribution in [-0.2, 0) is 0 Å². The fourth-order valence-electron chi connectivity index (χ4n) is 2.63. The van der Waals surface area contributed by atoms with Crippen molar-refractivity contribution in [3.8, 4) is 17.2 Å². The number of methoxy groups -OCH3 is 3. The highest BCUT2D eigenvalue weighted by Crippen LogP contribution is 2.38. The minimum Gasteiger partial charge on any atom is -0.493 e. The van der Waals surface area contributed by atoms with E-state index >= 15 is 0 Å². The second-order valence-corrected chi connectivity index (χ2v) is 6.81. The van der Waals surface area contributed by atoms with Gasteiger partial charge in [0.15, 0.2) is 11.5 Å². The predicted molar refractivity (Wildman–Crippen MR) is 104 cm³/mol. The Morgan fingerprint density at radius 3 is 2.08 bits per heavy atom. The Bertz CT molecular complexity index is 880. The van der Waals surface area contributed by atoms with E-state index in [2.05, 4.69) is 26.0 Å². The van der Waals surface area contributed by atoms with Crippen LogP contribution in [0.5, 0.6) is 17.2 Å². The molecule has 0 unspecified atom stereocenters. The molecule has 3 rings (SSSR count). The first-order valence-electron chi connectivity index (χ1n) is 7.91. The molecule has 0 N–H and O–H groups in total. The molecule has 1 heterocycles. The van der Waals surface area contributed by atoms with Crippen molar-refractivity contribution < 1.29 is 14.2 Å². The molecule has 0 aliphatic carbocycles. The molecule has 130 valence electrons. The van der Waals surface area contributed by atoms with Crippen molar-refractivity contribution in [1.29, 1.82) is 0 Å². The third-order valence-corrected chi connectivity index (χ3v) is 5.11. The Morgan fingerprint density at radius 2 is 1.48 bits per heavy atom. The van der Waals surface area contributed by atoms with Gasteiger partial charge in [-0.15, -0.1) is 11.3 Å². The summed E-state index contributed by atoms with van der Waals surface area (Å²) < 4.78 is 17.3. The van der Waals surface area contributed by atoms with Crippen LogP contribution in [0.15, 0.2) is 24.3 Å². The number of thiazole rings is 1. The molecule has 4 nitrogen and oxygen atoms in total. The van der Waals surface area contributed by atoms with Gasteiger partial charge >= 0.3 is 0 Å². The van der Waals surface area contributed by atoms with Crippen LogP contribution in [0.2, 0.25) is 0 Å². The lowest BCUT2D eigenvalue weighted by Crippen LogP contribution is -1.95. The van der Waals surface area contributed by atoms with Gasteiger partial charge in [-0.3, -0.25) is 0 Å². The van der Waals surface area contributed by atoms with E-state index in [-0.39, 0.29) is 0 Å². The molecule has 0 amide bonds. The van der Waals surface area contributed by atoms with E-state index in [4.69, 9.17) is 19.2 Å². The fourth-order valence-corrected chi connectivity index (χ4v) is 3.58. The third kappa shape index (κ3) is 3.46. The van der Waals surface area contributed by atoms with Gasteiger partial charge in [0, 0.05) is 0 Å². The summed E-state index contributed by atoms with van der Waals surface area (Å²) in [7, 11) is 4.83. The van der Waals surface area contributed by atoms with Crippen LogP contribution in [0.25, 0.3) is 22.4 Å². The first-order valence-corrected chi connectivity index (χ1v) is 8.73.